The van der Waals surface area contributed by atoms with Crippen molar-refractivity contribution >= 4 is 33.4 Å². The zero-order valence-corrected chi connectivity index (χ0v) is 24.0. The average molecular weight is 558 g/mol. The van der Waals surface area contributed by atoms with E-state index in [-0.39, 0.29) is 0 Å². The Kier molecular flexibility index (Phi) is 6.36. The maximum atomic E-state index is 6.33. The number of nitrogens with zero attached hydrogens (tertiary/aromatic N) is 6. The molecule has 212 valence electrons. The minimum atomic E-state index is 0.294. The number of nitrogens with one attached hydrogen (secondary N) is 1. The molecule has 0 radical (unpaired) electrons. The molecular formula is C34H35N7O. The van der Waals surface area contributed by atoms with Gasteiger partial charge in [0.15, 0.2) is 0 Å². The molecule has 1 saturated heterocycles. The molecule has 1 N–H and O–H groups in total. The van der Waals surface area contributed by atoms with E-state index >= 15 is 0 Å². The Bertz CT molecular complexity index is 1830. The van der Waals surface area contributed by atoms with Crippen LogP contribution in [0.15, 0.2) is 88.2 Å². The SMILES string of the molecule is Cn1cc2cc(-c3n[nH]c4ccc(C5=NN=C([C@@H]6CCCN(C7CCC8=C7CC=C/C=C\C8)C6)OC5)cc34)ccc2n1. The van der Waals surface area contributed by atoms with E-state index in [0.717, 1.165) is 82.6 Å². The number of fused-ring (bicyclic) bond motifs is 2. The zero-order valence-electron chi connectivity index (χ0n) is 24.0. The number of benzene rings is 2. The molecule has 0 spiro atoms. The van der Waals surface area contributed by atoms with Crippen LogP contribution in [0.25, 0.3) is 33.1 Å². The molecular weight excluding hydrogens is 522 g/mol. The number of aryl methyl sites for hydroxylation is 1. The Morgan fingerprint density at radius 3 is 2.79 bits per heavy atom. The van der Waals surface area contributed by atoms with E-state index in [1.807, 2.05) is 24.0 Å². The molecule has 4 aliphatic rings. The van der Waals surface area contributed by atoms with E-state index in [9.17, 15) is 0 Å². The number of piperidine rings is 1. The topological polar surface area (TPSA) is 83.7 Å². The fourth-order valence-electron chi connectivity index (χ4n) is 7.21. The van der Waals surface area contributed by atoms with E-state index < -0.39 is 0 Å². The number of hydrogen-bond donors (Lipinski definition) is 1. The first kappa shape index (κ1) is 25.4. The molecule has 42 heavy (non-hydrogen) atoms. The van der Waals surface area contributed by atoms with Crippen molar-refractivity contribution in [3.8, 4) is 11.3 Å². The highest BCUT2D eigenvalue weighted by molar-refractivity contribution is 6.07. The lowest BCUT2D eigenvalue weighted by Gasteiger charge is -2.38. The Hall–Kier alpha value is -4.30. The molecule has 8 heteroatoms. The van der Waals surface area contributed by atoms with Gasteiger partial charge in [0.25, 0.3) is 0 Å². The number of rotatable bonds is 4. The smallest absolute Gasteiger partial charge is 0.213 e. The summed E-state index contributed by atoms with van der Waals surface area (Å²) in [4.78, 5) is 2.69. The first-order valence-electron chi connectivity index (χ1n) is 15.2. The second kappa shape index (κ2) is 10.5. The molecule has 2 aliphatic heterocycles. The van der Waals surface area contributed by atoms with Crippen LogP contribution in [0.2, 0.25) is 0 Å². The number of aromatic nitrogens is 4. The molecule has 0 bridgehead atoms. The van der Waals surface area contributed by atoms with Crippen molar-refractivity contribution in [1.82, 2.24) is 24.9 Å². The number of ether oxygens (including phenoxy) is 1. The van der Waals surface area contributed by atoms with Crippen molar-refractivity contribution in [2.24, 2.45) is 23.2 Å². The lowest BCUT2D eigenvalue weighted by atomic mass is 9.93. The molecule has 0 amide bonds. The molecule has 2 aromatic carbocycles. The van der Waals surface area contributed by atoms with Gasteiger partial charge in [-0.2, -0.15) is 10.2 Å². The molecule has 1 fully saturated rings. The molecule has 8 rings (SSSR count). The van der Waals surface area contributed by atoms with Crippen LogP contribution in [0.4, 0.5) is 0 Å². The quantitative estimate of drug-likeness (QED) is 0.298. The number of hydrogen-bond acceptors (Lipinski definition) is 6. The number of allylic oxidation sites excluding steroid dienone is 5. The highest BCUT2D eigenvalue weighted by Gasteiger charge is 2.35. The van der Waals surface area contributed by atoms with Gasteiger partial charge in [0.1, 0.15) is 12.3 Å². The van der Waals surface area contributed by atoms with Gasteiger partial charge in [-0.3, -0.25) is 14.7 Å². The van der Waals surface area contributed by atoms with Gasteiger partial charge in [0.2, 0.25) is 5.90 Å². The van der Waals surface area contributed by atoms with E-state index in [1.165, 1.54) is 19.3 Å². The predicted molar refractivity (Wildman–Crippen MR) is 168 cm³/mol. The summed E-state index contributed by atoms with van der Waals surface area (Å²) in [7, 11) is 1.94. The fourth-order valence-corrected chi connectivity index (χ4v) is 7.21. The molecule has 2 aromatic heterocycles. The molecule has 2 aliphatic carbocycles. The van der Waals surface area contributed by atoms with E-state index in [4.69, 9.17) is 9.84 Å². The third kappa shape index (κ3) is 4.60. The predicted octanol–water partition coefficient (Wildman–Crippen LogP) is 6.33. The third-order valence-electron chi connectivity index (χ3n) is 9.32. The van der Waals surface area contributed by atoms with Gasteiger partial charge < -0.3 is 4.74 Å². The first-order chi connectivity index (χ1) is 20.7. The van der Waals surface area contributed by atoms with Gasteiger partial charge in [0, 0.05) is 53.6 Å². The highest BCUT2D eigenvalue weighted by Crippen LogP contribution is 2.38. The Morgan fingerprint density at radius 2 is 1.88 bits per heavy atom. The highest BCUT2D eigenvalue weighted by atomic mass is 16.5. The number of likely N-dealkylation sites (tertiary alicyclic amines) is 1. The lowest BCUT2D eigenvalue weighted by molar-refractivity contribution is 0.149. The van der Waals surface area contributed by atoms with E-state index in [0.29, 0.717) is 18.6 Å². The van der Waals surface area contributed by atoms with Crippen LogP contribution in [0.1, 0.15) is 44.1 Å². The molecule has 2 atom stereocenters. The van der Waals surface area contributed by atoms with Crippen molar-refractivity contribution in [3.63, 3.8) is 0 Å². The minimum Gasteiger partial charge on any atom is -0.473 e. The van der Waals surface area contributed by atoms with Crippen molar-refractivity contribution in [2.75, 3.05) is 19.7 Å². The summed E-state index contributed by atoms with van der Waals surface area (Å²) >= 11 is 0. The third-order valence-corrected chi connectivity index (χ3v) is 9.32. The van der Waals surface area contributed by atoms with E-state index in [2.05, 4.69) is 79.9 Å². The summed E-state index contributed by atoms with van der Waals surface area (Å²) < 4.78 is 8.16. The van der Waals surface area contributed by atoms with Crippen LogP contribution in [0.3, 0.4) is 0 Å². The summed E-state index contributed by atoms with van der Waals surface area (Å²) in [5, 5.41) is 23.8. The van der Waals surface area contributed by atoms with Crippen molar-refractivity contribution in [2.45, 2.75) is 44.6 Å². The summed E-state index contributed by atoms with van der Waals surface area (Å²) in [5.41, 5.74) is 9.11. The maximum absolute atomic E-state index is 6.33. The standard InChI is InChI=1S/C34H35N7O/c1-40-19-26-17-24(11-13-29(26)39-40)33-28-18-23(10-14-30(28)35-37-33)31-21-42-34(38-36-31)25-8-6-16-41(20-25)32-15-12-22-7-4-2-3-5-9-27(22)32/h2-5,10-11,13-14,17-19,25,32H,6-9,12,15-16,20-21H2,1H3,(H,35,37)/b4-2-,5-3?/t25-,32?/m1/s1. The lowest BCUT2D eigenvalue weighted by Crippen LogP contribution is -2.45. The van der Waals surface area contributed by atoms with Gasteiger partial charge in [-0.1, -0.05) is 42.0 Å². The van der Waals surface area contributed by atoms with Crippen LogP contribution in [0.5, 0.6) is 0 Å². The molecule has 1 unspecified atom stereocenters. The molecule has 4 aromatic rings. The van der Waals surface area contributed by atoms with Gasteiger partial charge in [0.05, 0.1) is 16.7 Å². The Labute approximate surface area is 245 Å². The minimum absolute atomic E-state index is 0.294. The summed E-state index contributed by atoms with van der Waals surface area (Å²) in [6.07, 6.45) is 18.0. The van der Waals surface area contributed by atoms with Crippen LogP contribution in [-0.2, 0) is 11.8 Å². The normalized spacial score (nSPS) is 23.8. The van der Waals surface area contributed by atoms with Crippen LogP contribution in [-0.4, -0.2) is 62.2 Å². The van der Waals surface area contributed by atoms with Gasteiger partial charge in [-0.05, 0) is 74.9 Å². The largest absolute Gasteiger partial charge is 0.473 e. The van der Waals surface area contributed by atoms with Gasteiger partial charge in [-0.25, -0.2) is 0 Å². The summed E-state index contributed by atoms with van der Waals surface area (Å²) in [6, 6.07) is 13.1. The number of aromatic amines is 1. The maximum Gasteiger partial charge on any atom is 0.213 e. The Morgan fingerprint density at radius 1 is 0.976 bits per heavy atom. The van der Waals surface area contributed by atoms with Crippen molar-refractivity contribution in [3.05, 3.63) is 83.6 Å². The average Bonchev–Trinajstić information content (AvgIpc) is 3.72. The van der Waals surface area contributed by atoms with Crippen LogP contribution >= 0.6 is 0 Å². The number of H-pyrrole nitrogens is 1. The van der Waals surface area contributed by atoms with Gasteiger partial charge >= 0.3 is 0 Å². The first-order valence-corrected chi connectivity index (χ1v) is 15.2. The van der Waals surface area contributed by atoms with E-state index in [1.54, 1.807) is 11.1 Å². The molecule has 4 heterocycles. The molecule has 8 nitrogen and oxygen atoms in total. The zero-order chi connectivity index (χ0) is 28.0. The second-order valence-electron chi connectivity index (χ2n) is 12.0. The van der Waals surface area contributed by atoms with Crippen molar-refractivity contribution in [1.29, 1.82) is 0 Å². The van der Waals surface area contributed by atoms with Crippen LogP contribution < -0.4 is 0 Å². The van der Waals surface area contributed by atoms with Gasteiger partial charge in [-0.15, -0.1) is 10.2 Å². The second-order valence-corrected chi connectivity index (χ2v) is 12.0. The summed E-state index contributed by atoms with van der Waals surface area (Å²) in [5.74, 6) is 1.09. The van der Waals surface area contributed by atoms with Crippen molar-refractivity contribution < 1.29 is 4.74 Å². The molecule has 0 saturated carbocycles. The monoisotopic (exact) mass is 557 g/mol. The van der Waals surface area contributed by atoms with Crippen LogP contribution in [0, 0.1) is 5.92 Å². The Balaban J connectivity index is 1.02. The summed E-state index contributed by atoms with van der Waals surface area (Å²) in [6.45, 7) is 2.59. The fraction of sp³-hybridized carbons (Fsp3) is 0.353.